The molecule has 1 rings (SSSR count). The SMILES string of the molecule is CC(CC(=O)c1ccccc1Cl)CC(C)(C)C. The molecule has 1 nitrogen and oxygen atoms in total. The number of hydrogen-bond acceptors (Lipinski definition) is 1. The molecule has 94 valence electrons. The molecule has 1 aromatic rings. The monoisotopic (exact) mass is 252 g/mol. The van der Waals surface area contributed by atoms with Gasteiger partial charge in [0, 0.05) is 12.0 Å². The summed E-state index contributed by atoms with van der Waals surface area (Å²) < 4.78 is 0. The van der Waals surface area contributed by atoms with E-state index in [1.165, 1.54) is 0 Å². The van der Waals surface area contributed by atoms with Crippen LogP contribution < -0.4 is 0 Å². The van der Waals surface area contributed by atoms with E-state index >= 15 is 0 Å². The number of benzene rings is 1. The Morgan fingerprint density at radius 3 is 2.41 bits per heavy atom. The van der Waals surface area contributed by atoms with Crippen molar-refractivity contribution in [3.05, 3.63) is 34.9 Å². The van der Waals surface area contributed by atoms with E-state index in [0.717, 1.165) is 6.42 Å². The Morgan fingerprint density at radius 2 is 1.88 bits per heavy atom. The van der Waals surface area contributed by atoms with Crippen molar-refractivity contribution in [2.45, 2.75) is 40.5 Å². The molecule has 0 aromatic heterocycles. The lowest BCUT2D eigenvalue weighted by atomic mass is 9.83. The zero-order valence-corrected chi connectivity index (χ0v) is 11.8. The molecular weight excluding hydrogens is 232 g/mol. The summed E-state index contributed by atoms with van der Waals surface area (Å²) in [5.41, 5.74) is 0.912. The van der Waals surface area contributed by atoms with Crippen LogP contribution in [-0.4, -0.2) is 5.78 Å². The maximum absolute atomic E-state index is 12.1. The van der Waals surface area contributed by atoms with Gasteiger partial charge < -0.3 is 0 Å². The Kier molecular flexibility index (Phi) is 4.76. The Bertz CT molecular complexity index is 390. The lowest BCUT2D eigenvalue weighted by molar-refractivity contribution is 0.0954. The molecule has 0 spiro atoms. The van der Waals surface area contributed by atoms with Gasteiger partial charge in [-0.2, -0.15) is 0 Å². The standard InChI is InChI=1S/C15H21ClO/c1-11(10-15(2,3)4)9-14(17)12-7-5-6-8-13(12)16/h5-8,11H,9-10H2,1-4H3. The van der Waals surface area contributed by atoms with Crippen LogP contribution in [0.5, 0.6) is 0 Å². The van der Waals surface area contributed by atoms with Crippen LogP contribution in [0.15, 0.2) is 24.3 Å². The van der Waals surface area contributed by atoms with Gasteiger partial charge in [-0.05, 0) is 29.9 Å². The fraction of sp³-hybridized carbons (Fsp3) is 0.533. The fourth-order valence-electron chi connectivity index (χ4n) is 2.23. The van der Waals surface area contributed by atoms with E-state index in [1.54, 1.807) is 12.1 Å². The Labute approximate surface area is 109 Å². The van der Waals surface area contributed by atoms with Crippen molar-refractivity contribution >= 4 is 17.4 Å². The van der Waals surface area contributed by atoms with Crippen LogP contribution in [0.3, 0.4) is 0 Å². The van der Waals surface area contributed by atoms with Crippen LogP contribution in [0.25, 0.3) is 0 Å². The van der Waals surface area contributed by atoms with Gasteiger partial charge in [-0.3, -0.25) is 4.79 Å². The first-order valence-corrected chi connectivity index (χ1v) is 6.45. The van der Waals surface area contributed by atoms with Crippen LogP contribution in [0, 0.1) is 11.3 Å². The Balaban J connectivity index is 2.64. The minimum Gasteiger partial charge on any atom is -0.294 e. The maximum Gasteiger partial charge on any atom is 0.164 e. The van der Waals surface area contributed by atoms with Gasteiger partial charge >= 0.3 is 0 Å². The van der Waals surface area contributed by atoms with Crippen LogP contribution in [-0.2, 0) is 0 Å². The summed E-state index contributed by atoms with van der Waals surface area (Å²) in [5, 5.41) is 0.556. The Morgan fingerprint density at radius 1 is 1.29 bits per heavy atom. The lowest BCUT2D eigenvalue weighted by Crippen LogP contribution is -2.14. The molecule has 1 atom stereocenters. The first kappa shape index (κ1) is 14.2. The lowest BCUT2D eigenvalue weighted by Gasteiger charge is -2.22. The third-order valence-electron chi connectivity index (χ3n) is 2.67. The number of carbonyl (C=O) groups excluding carboxylic acids is 1. The molecule has 0 saturated heterocycles. The Hall–Kier alpha value is -0.820. The van der Waals surface area contributed by atoms with Gasteiger partial charge in [0.1, 0.15) is 0 Å². The number of ketones is 1. The van der Waals surface area contributed by atoms with Crippen LogP contribution in [0.1, 0.15) is 50.9 Å². The molecular formula is C15H21ClO. The zero-order chi connectivity index (χ0) is 13.1. The molecule has 1 unspecified atom stereocenters. The fourth-order valence-corrected chi connectivity index (χ4v) is 2.47. The predicted molar refractivity (Wildman–Crippen MR) is 73.6 cm³/mol. The summed E-state index contributed by atoms with van der Waals surface area (Å²) in [7, 11) is 0. The van der Waals surface area contributed by atoms with E-state index < -0.39 is 0 Å². The van der Waals surface area contributed by atoms with Crippen molar-refractivity contribution in [1.29, 1.82) is 0 Å². The van der Waals surface area contributed by atoms with E-state index in [1.807, 2.05) is 12.1 Å². The van der Waals surface area contributed by atoms with E-state index in [2.05, 4.69) is 27.7 Å². The number of rotatable bonds is 4. The largest absolute Gasteiger partial charge is 0.294 e. The number of halogens is 1. The second-order valence-electron chi connectivity index (χ2n) is 5.98. The van der Waals surface area contributed by atoms with Crippen molar-refractivity contribution in [3.63, 3.8) is 0 Å². The highest BCUT2D eigenvalue weighted by Crippen LogP contribution is 2.27. The topological polar surface area (TPSA) is 17.1 Å². The number of carbonyl (C=O) groups is 1. The second-order valence-corrected chi connectivity index (χ2v) is 6.38. The van der Waals surface area contributed by atoms with Crippen molar-refractivity contribution in [2.75, 3.05) is 0 Å². The molecule has 0 amide bonds. The van der Waals surface area contributed by atoms with Crippen molar-refractivity contribution in [3.8, 4) is 0 Å². The highest BCUT2D eigenvalue weighted by Gasteiger charge is 2.19. The highest BCUT2D eigenvalue weighted by molar-refractivity contribution is 6.33. The molecule has 17 heavy (non-hydrogen) atoms. The minimum absolute atomic E-state index is 0.146. The molecule has 0 saturated carbocycles. The minimum atomic E-state index is 0.146. The summed E-state index contributed by atoms with van der Waals surface area (Å²) in [4.78, 5) is 12.1. The van der Waals surface area contributed by atoms with Gasteiger partial charge in [0.2, 0.25) is 0 Å². The van der Waals surface area contributed by atoms with E-state index in [-0.39, 0.29) is 11.2 Å². The molecule has 0 aliphatic rings. The summed E-state index contributed by atoms with van der Waals surface area (Å²) in [5.74, 6) is 0.533. The smallest absolute Gasteiger partial charge is 0.164 e. The van der Waals surface area contributed by atoms with Gasteiger partial charge in [0.15, 0.2) is 5.78 Å². The predicted octanol–water partition coefficient (Wildman–Crippen LogP) is 4.99. The normalized spacial score (nSPS) is 13.5. The van der Waals surface area contributed by atoms with Crippen LogP contribution in [0.2, 0.25) is 5.02 Å². The molecule has 0 aliphatic carbocycles. The summed E-state index contributed by atoms with van der Waals surface area (Å²) in [6, 6.07) is 7.27. The molecule has 0 radical (unpaired) electrons. The average Bonchev–Trinajstić information content (AvgIpc) is 2.14. The summed E-state index contributed by atoms with van der Waals surface area (Å²) >= 11 is 6.01. The van der Waals surface area contributed by atoms with Gasteiger partial charge in [-0.1, -0.05) is 51.4 Å². The van der Waals surface area contributed by atoms with Gasteiger partial charge in [0.05, 0.1) is 5.02 Å². The second kappa shape index (κ2) is 5.68. The van der Waals surface area contributed by atoms with Crippen molar-refractivity contribution < 1.29 is 4.79 Å². The average molecular weight is 253 g/mol. The molecule has 0 heterocycles. The molecule has 0 fully saturated rings. The molecule has 0 bridgehead atoms. The number of Topliss-reactive ketones (excluding diaryl/α,β-unsaturated/α-hetero) is 1. The van der Waals surface area contributed by atoms with Gasteiger partial charge in [0.25, 0.3) is 0 Å². The van der Waals surface area contributed by atoms with E-state index in [9.17, 15) is 4.79 Å². The molecule has 0 N–H and O–H groups in total. The van der Waals surface area contributed by atoms with Gasteiger partial charge in [-0.15, -0.1) is 0 Å². The van der Waals surface area contributed by atoms with E-state index in [4.69, 9.17) is 11.6 Å². The third-order valence-corrected chi connectivity index (χ3v) is 3.00. The van der Waals surface area contributed by atoms with E-state index in [0.29, 0.717) is 22.9 Å². The molecule has 0 aliphatic heterocycles. The molecule has 2 heteroatoms. The van der Waals surface area contributed by atoms with Crippen LogP contribution >= 0.6 is 11.6 Å². The molecule has 1 aromatic carbocycles. The first-order valence-electron chi connectivity index (χ1n) is 6.07. The van der Waals surface area contributed by atoms with Crippen molar-refractivity contribution in [2.24, 2.45) is 11.3 Å². The number of hydrogen-bond donors (Lipinski definition) is 0. The quantitative estimate of drug-likeness (QED) is 0.691. The third kappa shape index (κ3) is 4.91. The highest BCUT2D eigenvalue weighted by atomic mass is 35.5. The zero-order valence-electron chi connectivity index (χ0n) is 11.1. The maximum atomic E-state index is 12.1. The summed E-state index contributed by atoms with van der Waals surface area (Å²) in [6.07, 6.45) is 1.62. The van der Waals surface area contributed by atoms with Gasteiger partial charge in [-0.25, -0.2) is 0 Å². The summed E-state index contributed by atoms with van der Waals surface area (Å²) in [6.45, 7) is 8.72. The van der Waals surface area contributed by atoms with Crippen molar-refractivity contribution in [1.82, 2.24) is 0 Å². The first-order chi connectivity index (χ1) is 7.79. The van der Waals surface area contributed by atoms with Crippen LogP contribution in [0.4, 0.5) is 0 Å².